The minimum Gasteiger partial charge on any atom is -0.494 e. The summed E-state index contributed by atoms with van der Waals surface area (Å²) in [4.78, 5) is 13.4. The fourth-order valence-electron chi connectivity index (χ4n) is 4.39. The minimum absolute atomic E-state index is 0.417. The van der Waals surface area contributed by atoms with Crippen LogP contribution in [-0.2, 0) is 11.3 Å². The summed E-state index contributed by atoms with van der Waals surface area (Å²) in [5.41, 5.74) is 11.8. The third-order valence-corrected chi connectivity index (χ3v) is 6.16. The molecule has 192 valence electrons. The van der Waals surface area contributed by atoms with E-state index in [0.29, 0.717) is 48.6 Å². The largest absolute Gasteiger partial charge is 0.494 e. The Kier molecular flexibility index (Phi) is 7.20. The smallest absolute Gasteiger partial charge is 0.229 e. The summed E-state index contributed by atoms with van der Waals surface area (Å²) >= 11 is 0. The van der Waals surface area contributed by atoms with Gasteiger partial charge in [0.05, 0.1) is 43.1 Å². The molecule has 1 saturated heterocycles. The van der Waals surface area contributed by atoms with E-state index in [1.165, 1.54) is 0 Å². The van der Waals surface area contributed by atoms with Crippen LogP contribution in [0.1, 0.15) is 5.69 Å². The molecule has 10 nitrogen and oxygen atoms in total. The van der Waals surface area contributed by atoms with Crippen LogP contribution >= 0.6 is 0 Å². The highest BCUT2D eigenvalue weighted by Gasteiger charge is 2.18. The van der Waals surface area contributed by atoms with Gasteiger partial charge in [0.1, 0.15) is 5.75 Å². The highest BCUT2D eigenvalue weighted by molar-refractivity contribution is 5.79. The molecule has 10 heteroatoms. The Balaban J connectivity index is 1.44. The molecule has 1 fully saturated rings. The first-order chi connectivity index (χ1) is 18.0. The van der Waals surface area contributed by atoms with E-state index in [2.05, 4.69) is 32.2 Å². The van der Waals surface area contributed by atoms with Crippen molar-refractivity contribution in [2.45, 2.75) is 6.54 Å². The van der Waals surface area contributed by atoms with E-state index in [0.717, 1.165) is 35.6 Å². The van der Waals surface area contributed by atoms with Crippen LogP contribution in [0.5, 0.6) is 5.75 Å². The number of nitrogens with one attached hydrogen (secondary N) is 1. The molecule has 0 amide bonds. The van der Waals surface area contributed by atoms with Gasteiger partial charge in [0.15, 0.2) is 5.82 Å². The lowest BCUT2D eigenvalue weighted by Crippen LogP contribution is -2.36. The van der Waals surface area contributed by atoms with Gasteiger partial charge in [0, 0.05) is 49.7 Å². The summed E-state index contributed by atoms with van der Waals surface area (Å²) < 4.78 is 12.9. The molecular weight excluding hydrogens is 468 g/mol. The second kappa shape index (κ2) is 10.9. The molecule has 0 unspecified atom stereocenters. The zero-order chi connectivity index (χ0) is 25.8. The van der Waals surface area contributed by atoms with Gasteiger partial charge in [0.25, 0.3) is 0 Å². The molecule has 3 heterocycles. The fraction of sp³-hybridized carbons (Fsp3) is 0.296. The van der Waals surface area contributed by atoms with Crippen molar-refractivity contribution in [2.24, 2.45) is 0 Å². The monoisotopic (exact) mass is 500 g/mol. The van der Waals surface area contributed by atoms with Gasteiger partial charge >= 0.3 is 0 Å². The van der Waals surface area contributed by atoms with Crippen molar-refractivity contribution < 1.29 is 9.47 Å². The zero-order valence-electron chi connectivity index (χ0n) is 21.4. The van der Waals surface area contributed by atoms with Crippen LogP contribution in [0.25, 0.3) is 16.9 Å². The molecule has 0 radical (unpaired) electrons. The summed E-state index contributed by atoms with van der Waals surface area (Å²) in [6.07, 6.45) is 3.72. The minimum atomic E-state index is 0.417. The number of aromatic nitrogens is 4. The molecule has 3 N–H and O–H groups in total. The molecule has 0 atom stereocenters. The highest BCUT2D eigenvalue weighted by atomic mass is 16.5. The van der Waals surface area contributed by atoms with Crippen LogP contribution in [0.15, 0.2) is 60.9 Å². The summed E-state index contributed by atoms with van der Waals surface area (Å²) in [5, 5.41) is 8.12. The lowest BCUT2D eigenvalue weighted by Gasteiger charge is -2.30. The van der Waals surface area contributed by atoms with Gasteiger partial charge in [0.2, 0.25) is 5.95 Å². The maximum absolute atomic E-state index is 6.43. The van der Waals surface area contributed by atoms with Crippen LogP contribution < -0.4 is 20.7 Å². The van der Waals surface area contributed by atoms with Crippen LogP contribution in [0.3, 0.4) is 0 Å². The molecule has 2 aromatic heterocycles. The topological polar surface area (TPSA) is 107 Å². The van der Waals surface area contributed by atoms with E-state index >= 15 is 0 Å². The SMILES string of the molecule is COc1cc(N2CCOCC2)c(N)cc1Nc1nccc(-n2cc(-c3ccccc3)c(CN(C)C)n2)n1. The van der Waals surface area contributed by atoms with E-state index in [1.54, 1.807) is 18.0 Å². The third kappa shape index (κ3) is 5.50. The van der Waals surface area contributed by atoms with Crippen molar-refractivity contribution in [1.82, 2.24) is 24.6 Å². The van der Waals surface area contributed by atoms with Gasteiger partial charge in [-0.1, -0.05) is 30.3 Å². The molecule has 0 bridgehead atoms. The molecule has 1 aliphatic heterocycles. The average molecular weight is 501 g/mol. The Bertz CT molecular complexity index is 1350. The van der Waals surface area contributed by atoms with E-state index in [1.807, 2.05) is 56.7 Å². The van der Waals surface area contributed by atoms with Crippen molar-refractivity contribution in [3.05, 3.63) is 66.6 Å². The second-order valence-electron chi connectivity index (χ2n) is 9.11. The van der Waals surface area contributed by atoms with Gasteiger partial charge in [-0.05, 0) is 25.7 Å². The maximum Gasteiger partial charge on any atom is 0.229 e. The number of morpholine rings is 1. The zero-order valence-corrected chi connectivity index (χ0v) is 21.4. The summed E-state index contributed by atoms with van der Waals surface area (Å²) in [5.74, 6) is 1.72. The van der Waals surface area contributed by atoms with Gasteiger partial charge in [-0.25, -0.2) is 9.67 Å². The Morgan fingerprint density at radius 2 is 1.89 bits per heavy atom. The van der Waals surface area contributed by atoms with Crippen LogP contribution in [0.2, 0.25) is 0 Å². The first kappa shape index (κ1) is 24.5. The fourth-order valence-corrected chi connectivity index (χ4v) is 4.39. The summed E-state index contributed by atoms with van der Waals surface area (Å²) in [6.45, 7) is 3.64. The predicted octanol–water partition coefficient (Wildman–Crippen LogP) is 3.56. The third-order valence-electron chi connectivity index (χ3n) is 6.16. The van der Waals surface area contributed by atoms with E-state index in [-0.39, 0.29) is 0 Å². The van der Waals surface area contributed by atoms with Crippen molar-refractivity contribution in [3.63, 3.8) is 0 Å². The average Bonchev–Trinajstić information content (AvgIpc) is 3.33. The maximum atomic E-state index is 6.43. The number of nitrogens with zero attached hydrogens (tertiary/aromatic N) is 6. The molecule has 5 rings (SSSR count). The highest BCUT2D eigenvalue weighted by Crippen LogP contribution is 2.37. The number of benzene rings is 2. The van der Waals surface area contributed by atoms with E-state index in [9.17, 15) is 0 Å². The molecule has 0 aliphatic carbocycles. The number of ether oxygens (including phenoxy) is 2. The quantitative estimate of drug-likeness (QED) is 0.351. The number of hydrogen-bond acceptors (Lipinski definition) is 9. The first-order valence-electron chi connectivity index (χ1n) is 12.2. The van der Waals surface area contributed by atoms with Crippen molar-refractivity contribution >= 4 is 23.0 Å². The molecule has 2 aromatic carbocycles. The molecule has 1 aliphatic rings. The number of methoxy groups -OCH3 is 1. The van der Waals surface area contributed by atoms with Gasteiger partial charge in [-0.2, -0.15) is 10.1 Å². The molecule has 37 heavy (non-hydrogen) atoms. The second-order valence-corrected chi connectivity index (χ2v) is 9.11. The van der Waals surface area contributed by atoms with E-state index in [4.69, 9.17) is 25.3 Å². The number of hydrogen-bond donors (Lipinski definition) is 2. The van der Waals surface area contributed by atoms with E-state index < -0.39 is 0 Å². The van der Waals surface area contributed by atoms with Gasteiger partial charge < -0.3 is 30.3 Å². The number of rotatable bonds is 8. The summed E-state index contributed by atoms with van der Waals surface area (Å²) in [6, 6.07) is 15.9. The molecule has 0 saturated carbocycles. The normalized spacial score (nSPS) is 13.7. The van der Waals surface area contributed by atoms with Crippen molar-refractivity contribution in [2.75, 3.05) is 63.5 Å². The van der Waals surface area contributed by atoms with Gasteiger partial charge in [-0.3, -0.25) is 0 Å². The molecule has 0 spiro atoms. The Hall–Kier alpha value is -4.15. The predicted molar refractivity (Wildman–Crippen MR) is 146 cm³/mol. The number of nitrogens with two attached hydrogens (primary N) is 1. The van der Waals surface area contributed by atoms with Crippen molar-refractivity contribution in [1.29, 1.82) is 0 Å². The molecular formula is C27H32N8O2. The Morgan fingerprint density at radius 1 is 1.11 bits per heavy atom. The standard InChI is InChI=1S/C27H32N8O2/c1-33(2)18-23-20(19-7-5-4-6-8-19)17-35(32-23)26-9-10-29-27(31-26)30-22-15-21(28)24(16-25(22)36-3)34-11-13-37-14-12-34/h4-10,15-17H,11-14,18,28H2,1-3H3,(H,29,30,31). The Labute approximate surface area is 216 Å². The first-order valence-corrected chi connectivity index (χ1v) is 12.2. The summed E-state index contributed by atoms with van der Waals surface area (Å²) in [7, 11) is 5.70. The van der Waals surface area contributed by atoms with Crippen LogP contribution in [0, 0.1) is 0 Å². The number of anilines is 4. The number of nitrogen functional groups attached to an aromatic ring is 1. The van der Waals surface area contributed by atoms with Crippen LogP contribution in [0.4, 0.5) is 23.0 Å². The van der Waals surface area contributed by atoms with Crippen LogP contribution in [-0.4, -0.2) is 72.2 Å². The van der Waals surface area contributed by atoms with Gasteiger partial charge in [-0.15, -0.1) is 0 Å². The molecule has 4 aromatic rings. The lowest BCUT2D eigenvalue weighted by atomic mass is 10.1. The lowest BCUT2D eigenvalue weighted by molar-refractivity contribution is 0.123. The Morgan fingerprint density at radius 3 is 2.62 bits per heavy atom. The van der Waals surface area contributed by atoms with Crippen molar-refractivity contribution in [3.8, 4) is 22.7 Å².